The molecule has 1 aromatic rings. The predicted octanol–water partition coefficient (Wildman–Crippen LogP) is -1.40. The van der Waals surface area contributed by atoms with Crippen LogP contribution in [0.4, 0.5) is 0 Å². The van der Waals surface area contributed by atoms with E-state index >= 15 is 0 Å². The number of aliphatic hydroxyl groups excluding tert-OH is 1. The molecule has 0 bridgehead atoms. The monoisotopic (exact) mass is 265 g/mol. The van der Waals surface area contributed by atoms with Gasteiger partial charge >= 0.3 is 13.6 Å². The van der Waals surface area contributed by atoms with Crippen LogP contribution in [-0.4, -0.2) is 55.2 Å². The number of esters is 1. The van der Waals surface area contributed by atoms with Crippen LogP contribution in [0.1, 0.15) is 10.5 Å². The summed E-state index contributed by atoms with van der Waals surface area (Å²) >= 11 is 0. The lowest BCUT2D eigenvalue weighted by atomic mass is 10.4. The van der Waals surface area contributed by atoms with Crippen molar-refractivity contribution in [1.29, 1.82) is 0 Å². The van der Waals surface area contributed by atoms with E-state index in [9.17, 15) is 14.5 Å². The molecule has 1 heterocycles. The third-order valence-electron chi connectivity index (χ3n) is 1.78. The molecule has 0 saturated carbocycles. The van der Waals surface area contributed by atoms with Gasteiger partial charge in [0.25, 0.3) is 0 Å². The molecular weight excluding hydrogens is 253 g/mol. The number of ether oxygens (including phenoxy) is 1. The lowest BCUT2D eigenvalue weighted by molar-refractivity contribution is 0.0593. The maximum Gasteiger partial charge on any atom is 0.360 e. The number of rotatable bonds is 5. The first-order valence-electron chi connectivity index (χ1n) is 4.53. The molecular formula is C7H12N3O6P. The molecule has 3 N–H and O–H groups in total. The van der Waals surface area contributed by atoms with Crippen molar-refractivity contribution >= 4 is 13.6 Å². The standard InChI is InChI=1S/C7H12N3O6P/c1-16-7(12)6-3-10(9-8-6)2-5(11)4-17(13,14)15/h3,5,11H,2,4H2,1H3,(H2,13,14,15). The Labute approximate surface area is 96.2 Å². The number of nitrogens with zero attached hydrogens (tertiary/aromatic N) is 3. The first kappa shape index (κ1) is 13.8. The minimum Gasteiger partial charge on any atom is -0.464 e. The first-order chi connectivity index (χ1) is 7.81. The summed E-state index contributed by atoms with van der Waals surface area (Å²) in [5.41, 5.74) is -0.0455. The summed E-state index contributed by atoms with van der Waals surface area (Å²) in [5, 5.41) is 16.3. The second kappa shape index (κ2) is 5.37. The molecule has 0 spiro atoms. The quantitative estimate of drug-likeness (QED) is 0.437. The summed E-state index contributed by atoms with van der Waals surface area (Å²) in [5.74, 6) is -0.680. The molecule has 0 amide bonds. The second-order valence-corrected chi connectivity index (χ2v) is 5.01. The molecule has 0 radical (unpaired) electrons. The Morgan fingerprint density at radius 1 is 1.65 bits per heavy atom. The van der Waals surface area contributed by atoms with Gasteiger partial charge in [0.05, 0.1) is 32.1 Å². The maximum atomic E-state index is 11.0. The third-order valence-corrected chi connectivity index (χ3v) is 2.68. The van der Waals surface area contributed by atoms with Gasteiger partial charge in [-0.15, -0.1) is 5.10 Å². The van der Waals surface area contributed by atoms with E-state index in [1.165, 1.54) is 13.3 Å². The molecule has 96 valence electrons. The zero-order chi connectivity index (χ0) is 13.1. The number of carbonyl (C=O) groups excluding carboxylic acids is 1. The molecule has 1 aromatic heterocycles. The molecule has 0 fully saturated rings. The van der Waals surface area contributed by atoms with Crippen molar-refractivity contribution in [3.63, 3.8) is 0 Å². The Kier molecular flexibility index (Phi) is 4.35. The fourth-order valence-corrected chi connectivity index (χ4v) is 1.80. The molecule has 0 aliphatic carbocycles. The van der Waals surface area contributed by atoms with E-state index in [-0.39, 0.29) is 12.2 Å². The minimum absolute atomic E-state index is 0.0455. The Bertz CT molecular complexity index is 441. The van der Waals surface area contributed by atoms with E-state index in [0.29, 0.717) is 0 Å². The van der Waals surface area contributed by atoms with E-state index in [1.807, 2.05) is 0 Å². The molecule has 0 aliphatic heterocycles. The zero-order valence-electron chi connectivity index (χ0n) is 8.92. The number of methoxy groups -OCH3 is 1. The van der Waals surface area contributed by atoms with Crippen molar-refractivity contribution in [2.75, 3.05) is 13.3 Å². The summed E-state index contributed by atoms with van der Waals surface area (Å²) < 4.78 is 16.1. The molecule has 1 rings (SSSR count). The lowest BCUT2D eigenvalue weighted by Gasteiger charge is -2.10. The van der Waals surface area contributed by atoms with Gasteiger partial charge in [0.2, 0.25) is 0 Å². The lowest BCUT2D eigenvalue weighted by Crippen LogP contribution is -2.20. The van der Waals surface area contributed by atoms with Crippen molar-refractivity contribution < 1.29 is 29.0 Å². The summed E-state index contributed by atoms with van der Waals surface area (Å²) in [7, 11) is -3.10. The highest BCUT2D eigenvalue weighted by Gasteiger charge is 2.21. The van der Waals surface area contributed by atoms with Gasteiger partial charge in [-0.2, -0.15) is 0 Å². The number of aromatic nitrogens is 3. The van der Waals surface area contributed by atoms with E-state index in [2.05, 4.69) is 15.0 Å². The average Bonchev–Trinajstić information content (AvgIpc) is 2.62. The van der Waals surface area contributed by atoms with Crippen LogP contribution in [0.15, 0.2) is 6.20 Å². The molecule has 1 unspecified atom stereocenters. The number of carbonyl (C=O) groups is 1. The highest BCUT2D eigenvalue weighted by molar-refractivity contribution is 7.51. The number of aliphatic hydroxyl groups is 1. The van der Waals surface area contributed by atoms with E-state index in [0.717, 1.165) is 4.68 Å². The zero-order valence-corrected chi connectivity index (χ0v) is 9.82. The maximum absolute atomic E-state index is 11.0. The fourth-order valence-electron chi connectivity index (χ4n) is 1.13. The molecule has 0 saturated heterocycles. The number of hydrogen-bond acceptors (Lipinski definition) is 6. The summed E-state index contributed by atoms with van der Waals surface area (Å²) in [6.07, 6.45) is -0.738. The van der Waals surface area contributed by atoms with Crippen molar-refractivity contribution in [2.24, 2.45) is 0 Å². The van der Waals surface area contributed by atoms with Crippen LogP contribution in [0.3, 0.4) is 0 Å². The molecule has 17 heavy (non-hydrogen) atoms. The van der Waals surface area contributed by atoms with Crippen LogP contribution < -0.4 is 0 Å². The van der Waals surface area contributed by atoms with E-state index in [4.69, 9.17) is 9.79 Å². The van der Waals surface area contributed by atoms with Gasteiger partial charge in [-0.1, -0.05) is 5.21 Å². The minimum atomic E-state index is -4.28. The molecule has 9 nitrogen and oxygen atoms in total. The second-order valence-electron chi connectivity index (χ2n) is 3.32. The van der Waals surface area contributed by atoms with Gasteiger partial charge < -0.3 is 19.6 Å². The molecule has 0 aliphatic rings. The van der Waals surface area contributed by atoms with Crippen LogP contribution in [0.5, 0.6) is 0 Å². The van der Waals surface area contributed by atoms with Gasteiger partial charge in [-0.25, -0.2) is 9.48 Å². The van der Waals surface area contributed by atoms with Crippen molar-refractivity contribution in [2.45, 2.75) is 12.6 Å². The smallest absolute Gasteiger partial charge is 0.360 e. The Morgan fingerprint density at radius 2 is 2.29 bits per heavy atom. The van der Waals surface area contributed by atoms with Crippen LogP contribution in [0, 0.1) is 0 Å². The van der Waals surface area contributed by atoms with Gasteiger partial charge in [0.1, 0.15) is 0 Å². The molecule has 0 aromatic carbocycles. The predicted molar refractivity (Wildman–Crippen MR) is 54.3 cm³/mol. The van der Waals surface area contributed by atoms with E-state index in [1.54, 1.807) is 0 Å². The number of hydrogen-bond donors (Lipinski definition) is 3. The molecule has 10 heteroatoms. The topological polar surface area (TPSA) is 135 Å². The normalized spacial score (nSPS) is 13.4. The van der Waals surface area contributed by atoms with Crippen molar-refractivity contribution in [3.05, 3.63) is 11.9 Å². The summed E-state index contributed by atoms with van der Waals surface area (Å²) in [6, 6.07) is 0. The van der Waals surface area contributed by atoms with Gasteiger partial charge in [0.15, 0.2) is 5.69 Å². The van der Waals surface area contributed by atoms with Crippen LogP contribution in [-0.2, 0) is 15.8 Å². The van der Waals surface area contributed by atoms with Gasteiger partial charge in [-0.05, 0) is 0 Å². The van der Waals surface area contributed by atoms with Crippen LogP contribution in [0.2, 0.25) is 0 Å². The Balaban J connectivity index is 2.60. The summed E-state index contributed by atoms with van der Waals surface area (Å²) in [4.78, 5) is 28.3. The molecule has 1 atom stereocenters. The van der Waals surface area contributed by atoms with Crippen molar-refractivity contribution in [1.82, 2.24) is 15.0 Å². The van der Waals surface area contributed by atoms with Gasteiger partial charge in [-0.3, -0.25) is 4.57 Å². The third kappa shape index (κ3) is 4.61. The van der Waals surface area contributed by atoms with Gasteiger partial charge in [0, 0.05) is 0 Å². The Hall–Kier alpha value is -1.28. The van der Waals surface area contributed by atoms with Crippen molar-refractivity contribution in [3.8, 4) is 0 Å². The first-order valence-corrected chi connectivity index (χ1v) is 6.32. The highest BCUT2D eigenvalue weighted by atomic mass is 31.2. The highest BCUT2D eigenvalue weighted by Crippen LogP contribution is 2.35. The SMILES string of the molecule is COC(=O)c1cn(CC(O)CP(=O)(O)O)nn1. The van der Waals surface area contributed by atoms with E-state index < -0.39 is 25.8 Å². The summed E-state index contributed by atoms with van der Waals surface area (Å²) in [6.45, 7) is -0.172. The van der Waals surface area contributed by atoms with Crippen LogP contribution in [0.25, 0.3) is 0 Å². The fraction of sp³-hybridized carbons (Fsp3) is 0.571. The Morgan fingerprint density at radius 3 is 2.82 bits per heavy atom. The van der Waals surface area contributed by atoms with Crippen LogP contribution >= 0.6 is 7.60 Å². The largest absolute Gasteiger partial charge is 0.464 e. The average molecular weight is 265 g/mol.